The quantitative estimate of drug-likeness (QED) is 0.0251. The molecule has 7 heterocycles. The number of amides is 7. The molecule has 6 fully saturated rings. The minimum atomic E-state index is -2.28. The Kier molecular flexibility index (Phi) is 30.1. The number of aliphatic hydroxyl groups excluding tert-OH is 6. The second kappa shape index (κ2) is 40.8. The smallest absolute Gasteiger partial charge is 0.325 e. The Bertz CT molecular complexity index is 5220. The number of carbonyl (C=O) groups is 9. The summed E-state index contributed by atoms with van der Waals surface area (Å²) in [5.41, 5.74) is 3.52. The van der Waals surface area contributed by atoms with Crippen molar-refractivity contribution >= 4 is 81.8 Å². The fourth-order valence-electron chi connectivity index (χ4n) is 19.7. The summed E-state index contributed by atoms with van der Waals surface area (Å²) in [6.45, 7) is 10.3. The molecule has 18 atom stereocenters. The number of nitrogens with one attached hydrogen (secondary N) is 7. The number of hydrogen-bond donors (Lipinski definition) is 17. The lowest BCUT2D eigenvalue weighted by atomic mass is 9.51. The van der Waals surface area contributed by atoms with E-state index < -0.39 is 228 Å². The first-order valence-electron chi connectivity index (χ1n) is 44.4. The zero-order valence-electron chi connectivity index (χ0n) is 73.0. The lowest BCUT2D eigenvalue weighted by Crippen LogP contribution is -2.64. The van der Waals surface area contributed by atoms with Gasteiger partial charge in [0.15, 0.2) is 41.2 Å². The van der Waals surface area contributed by atoms with Gasteiger partial charge in [0.05, 0.1) is 53.0 Å². The van der Waals surface area contributed by atoms with E-state index in [2.05, 4.69) is 37.2 Å². The summed E-state index contributed by atoms with van der Waals surface area (Å²) >= 11 is 14.6. The van der Waals surface area contributed by atoms with Crippen molar-refractivity contribution in [1.29, 1.82) is 0 Å². The zero-order chi connectivity index (χ0) is 93.2. The van der Waals surface area contributed by atoms with Gasteiger partial charge in [0, 0.05) is 73.4 Å². The highest BCUT2D eigenvalue weighted by Gasteiger charge is 2.53. The molecule has 2 saturated heterocycles. The third-order valence-corrected chi connectivity index (χ3v) is 27.0. The molecule has 130 heavy (non-hydrogen) atoms. The van der Waals surface area contributed by atoms with Gasteiger partial charge in [0.25, 0.3) is 0 Å². The largest absolute Gasteiger partial charge is 0.508 e. The normalized spacial score (nSPS) is 29.7. The average molecular weight is 1840 g/mol. The molecule has 17 rings (SSSR count). The van der Waals surface area contributed by atoms with Gasteiger partial charge in [-0.15, -0.1) is 0 Å². The highest BCUT2D eigenvalue weighted by molar-refractivity contribution is 6.32. The van der Waals surface area contributed by atoms with E-state index >= 15 is 33.6 Å². The molecule has 0 aromatic heterocycles. The van der Waals surface area contributed by atoms with Crippen LogP contribution in [-0.2, 0) is 52.6 Å². The fraction of sp³-hybridized carbons (Fsp3) is 0.521. The summed E-state index contributed by atoms with van der Waals surface area (Å²) in [4.78, 5) is 141. The van der Waals surface area contributed by atoms with Gasteiger partial charge < -0.3 is 121 Å². The highest BCUT2D eigenvalue weighted by Crippen LogP contribution is 2.59. The van der Waals surface area contributed by atoms with Crippen LogP contribution in [0.3, 0.4) is 0 Å². The van der Waals surface area contributed by atoms with Gasteiger partial charge in [-0.2, -0.15) is 0 Å². The van der Waals surface area contributed by atoms with Crippen LogP contribution >= 0.6 is 23.2 Å². The lowest BCUT2D eigenvalue weighted by molar-refractivity contribution is -0.333. The predicted molar refractivity (Wildman–Crippen MR) is 470 cm³/mol. The molecule has 11 aliphatic rings. The fourth-order valence-corrected chi connectivity index (χ4v) is 20.2. The van der Waals surface area contributed by atoms with Crippen LogP contribution in [0.4, 0.5) is 10.5 Å². The molecule has 7 amide bonds. The van der Waals surface area contributed by atoms with Crippen molar-refractivity contribution in [3.63, 3.8) is 0 Å². The monoisotopic (exact) mass is 1840 g/mol. The molecular weight excluding hydrogens is 1730 g/mol. The molecule has 700 valence electrons. The summed E-state index contributed by atoms with van der Waals surface area (Å²) in [5.74, 6) is -16.1. The average Bonchev–Trinajstić information content (AvgIpc) is 0.753. The Morgan fingerprint density at radius 3 is 1.99 bits per heavy atom. The van der Waals surface area contributed by atoms with E-state index in [4.69, 9.17) is 66.8 Å². The van der Waals surface area contributed by atoms with Crippen molar-refractivity contribution in [2.24, 2.45) is 53.1 Å². The molecule has 36 heteroatoms. The van der Waals surface area contributed by atoms with Crippen molar-refractivity contribution in [3.8, 4) is 68.6 Å². The number of rotatable bonds is 24. The third-order valence-electron chi connectivity index (χ3n) is 26.4. The van der Waals surface area contributed by atoms with Crippen molar-refractivity contribution in [2.45, 2.75) is 228 Å². The van der Waals surface area contributed by atoms with Gasteiger partial charge >= 0.3 is 6.03 Å². The van der Waals surface area contributed by atoms with E-state index in [0.29, 0.717) is 43.6 Å². The van der Waals surface area contributed by atoms with Gasteiger partial charge in [-0.25, -0.2) is 4.79 Å². The van der Waals surface area contributed by atoms with Gasteiger partial charge in [-0.05, 0) is 202 Å². The summed E-state index contributed by atoms with van der Waals surface area (Å²) in [6, 6.07) is 10.4. The molecule has 0 spiro atoms. The zero-order valence-corrected chi connectivity index (χ0v) is 74.6. The number of phenolic OH excluding ortho intramolecular Hbond substituents is 3. The van der Waals surface area contributed by atoms with Crippen LogP contribution in [0, 0.1) is 47.3 Å². The molecule has 4 aliphatic carbocycles. The van der Waals surface area contributed by atoms with Crippen LogP contribution in [0.2, 0.25) is 10.0 Å². The molecule has 0 unspecified atom stereocenters. The molecule has 15 bridgehead atoms. The highest BCUT2D eigenvalue weighted by atomic mass is 35.5. The van der Waals surface area contributed by atoms with Gasteiger partial charge in [-0.3, -0.25) is 43.7 Å². The van der Waals surface area contributed by atoms with Gasteiger partial charge in [0.1, 0.15) is 102 Å². The minimum absolute atomic E-state index is 0.0344. The third kappa shape index (κ3) is 21.2. The van der Waals surface area contributed by atoms with Crippen LogP contribution in [0.15, 0.2) is 97.1 Å². The van der Waals surface area contributed by atoms with Crippen LogP contribution in [0.5, 0.6) is 57.5 Å². The maximum Gasteiger partial charge on any atom is 0.325 e. The first-order chi connectivity index (χ1) is 62.0. The number of Topliss-reactive ketones (excluding diaryl/α,β-unsaturated/α-hetero) is 3. The Hall–Kier alpha value is -10.3. The number of halogens is 2. The molecule has 6 aromatic rings. The number of urea groups is 1. The van der Waals surface area contributed by atoms with E-state index in [1.807, 2.05) is 20.8 Å². The van der Waals surface area contributed by atoms with Crippen molar-refractivity contribution in [2.75, 3.05) is 38.7 Å². The number of ketones is 3. The molecule has 4 saturated carbocycles. The summed E-state index contributed by atoms with van der Waals surface area (Å²) in [6.07, 6.45) is -14.4. The topological polar surface area (TPSA) is 520 Å². The molecule has 6 aromatic carbocycles. The van der Waals surface area contributed by atoms with E-state index in [-0.39, 0.29) is 116 Å². The number of unbranched alkanes of at least 4 members (excludes halogenated alkanes) is 1. The molecule has 0 radical (unpaired) electrons. The molecule has 18 N–H and O–H groups in total. The van der Waals surface area contributed by atoms with Crippen LogP contribution in [-0.4, -0.2) is 199 Å². The Morgan fingerprint density at radius 2 is 1.36 bits per heavy atom. The second-order valence-corrected chi connectivity index (χ2v) is 37.2. The number of benzene rings is 6. The number of nitrogens with two attached hydrogens (primary N) is 1. The van der Waals surface area contributed by atoms with Gasteiger partial charge in [-0.1, -0.05) is 75.5 Å². The predicted octanol–water partition coefficient (Wildman–Crippen LogP) is 9.11. The number of anilines is 1. The number of ether oxygens (including phenoxy) is 8. The van der Waals surface area contributed by atoms with Crippen molar-refractivity contribution in [1.82, 2.24) is 31.9 Å². The molecule has 34 nitrogen and oxygen atoms in total. The summed E-state index contributed by atoms with van der Waals surface area (Å²) in [7, 11) is 1.70. The summed E-state index contributed by atoms with van der Waals surface area (Å²) in [5, 5.41) is 126. The molecule has 7 aliphatic heterocycles. The van der Waals surface area contributed by atoms with Gasteiger partial charge in [0.2, 0.25) is 41.6 Å². The first kappa shape index (κ1) is 95.8. The number of imide groups is 1. The minimum Gasteiger partial charge on any atom is -0.508 e. The van der Waals surface area contributed by atoms with Crippen LogP contribution in [0.25, 0.3) is 11.1 Å². The van der Waals surface area contributed by atoms with E-state index in [1.165, 1.54) is 62.4 Å². The Balaban J connectivity index is 0.957. The Labute approximate surface area is 760 Å². The first-order valence-corrected chi connectivity index (χ1v) is 45.1. The van der Waals surface area contributed by atoms with E-state index in [0.717, 1.165) is 74.9 Å². The van der Waals surface area contributed by atoms with E-state index in [9.17, 15) is 55.5 Å². The lowest BCUT2D eigenvalue weighted by Gasteiger charge is -2.54. The number of aliphatic hydroxyl groups is 6. The van der Waals surface area contributed by atoms with Crippen LogP contribution < -0.4 is 66.6 Å². The molecular formula is C94H114Cl2N8O26. The van der Waals surface area contributed by atoms with Crippen LogP contribution in [0.1, 0.15) is 189 Å². The van der Waals surface area contributed by atoms with E-state index in [1.54, 1.807) is 26.1 Å². The maximum atomic E-state index is 16.9. The SMILES string of the molecule is CCCCOc1ccc(OCCNC)c(NC(=O)NC(=O)C[C@@H]2CC(=O)[C@H](NC(=O)[C@H](CC)CC(C)C)[C@H](O)c3ccc(c(Cl)c3)Oc3cc4cc(c3O[C@@H]3O[C@H](CO)[C@@H](O)[C@H](O)[C@H]3O[C@H]3C[C@](C)(N)[C@H](O)[C@H](C)O3)Oc3ccc(cc3Cl)[C@@H](O)[C@@H]3NC(=O)[C@H](CC(=O)[C@@H]4NC2=O)c2ccc(O)c(c2)-c2c(O)cc(O)cc2[C@@H](C(=O)CC2C4CC5CC(C4)CC2C5)NC3=O)c1. The Morgan fingerprint density at radius 1 is 0.692 bits per heavy atom. The van der Waals surface area contributed by atoms with Crippen molar-refractivity contribution in [3.05, 3.63) is 135 Å². The number of likely N-dealkylation sites (N-methyl/N-ethyl adjacent to an activating group) is 1. The maximum absolute atomic E-state index is 16.9. The second-order valence-electron chi connectivity index (χ2n) is 36.3. The number of phenols is 3. The number of hydrogen-bond acceptors (Lipinski definition) is 28. The number of carbonyl (C=O) groups excluding carboxylic acids is 9. The standard InChI is InChI=1S/C94H114Cl2N8O26/c1-8-10-20-123-55-14-18-70(124-21-19-98-7)62(37-55)99-93(122)100-74(112)34-53-31-65(109)79(103-88(118)46(9-2)22-42(3)4)81(113)48-12-16-68(60(95)29-48)126-71-32-52-33-72(85(71)130-92-86(84(116)83(115)73(41-105)128-92)129-75-40-94(6,97)87(117)43(5)125-75)127-69-17-13-49(30-61(69)96)82(114)80-91(121)102-78(67(111)38-56-50-24-44-23-45(26-50)27-51(56)25-44)59-35-54(106)36-64(108)76(59)58-28-47(11-15-63(58)107)57(90(120)104-80)39-66(110)77(52)101-89(53)119/h11-18,28-30,32-33,35-37,42-46,50-51,53,56-57,73,75,77-84,86-87,92,98,105-108,113-117H,8-10,19-27,31,34,38-41,97H2,1-7H3,(H,101,119)(H,102,121)(H,103,118)(H,104,120)(H2,99,100,112,122)/t43-,44?,45?,46+,50?,51?,53-,56?,57+,73+,75-,77+,78-,79-,80-,81+,82+,83+,84-,86+,87+,92-,94-/m0/s1. The summed E-state index contributed by atoms with van der Waals surface area (Å²) < 4.78 is 51.3. The number of aromatic hydroxyl groups is 3. The van der Waals surface area contributed by atoms with Crippen molar-refractivity contribution < 1.29 is 127 Å². The number of fused-ring (bicyclic) bond motifs is 15.